The van der Waals surface area contributed by atoms with Gasteiger partial charge in [-0.25, -0.2) is 9.97 Å². The summed E-state index contributed by atoms with van der Waals surface area (Å²) in [5.74, 6) is 1.24. The smallest absolute Gasteiger partial charge is 0.158 e. The molecule has 2 heterocycles. The fraction of sp³-hybridized carbons (Fsp3) is 0.571. The zero-order valence-corrected chi connectivity index (χ0v) is 12.8. The van der Waals surface area contributed by atoms with Crippen molar-refractivity contribution in [2.75, 3.05) is 5.73 Å². The molecule has 4 nitrogen and oxygen atoms in total. The number of rotatable bonds is 5. The van der Waals surface area contributed by atoms with Gasteiger partial charge in [0.05, 0.1) is 11.5 Å². The Morgan fingerprint density at radius 2 is 2.05 bits per heavy atom. The highest BCUT2D eigenvalue weighted by molar-refractivity contribution is 7.18. The molecule has 0 fully saturated rings. The maximum atomic E-state index is 6.04. The number of nitrogens with zero attached hydrogens (tertiary/aromatic N) is 2. The van der Waals surface area contributed by atoms with Crippen molar-refractivity contribution in [3.63, 3.8) is 0 Å². The Hall–Kier alpha value is -1.20. The van der Waals surface area contributed by atoms with Gasteiger partial charge in [-0.2, -0.15) is 0 Å². The lowest BCUT2D eigenvalue weighted by atomic mass is 10.2. The molecule has 0 aliphatic heterocycles. The fourth-order valence-corrected chi connectivity index (χ4v) is 3.15. The van der Waals surface area contributed by atoms with Crippen molar-refractivity contribution in [1.82, 2.24) is 9.97 Å². The molecular weight excluding hydrogens is 258 g/mol. The summed E-state index contributed by atoms with van der Waals surface area (Å²) in [6, 6.07) is 0. The molecule has 0 aliphatic rings. The summed E-state index contributed by atoms with van der Waals surface area (Å²) in [7, 11) is 0. The molecule has 0 saturated heterocycles. The third kappa shape index (κ3) is 3.04. The van der Waals surface area contributed by atoms with E-state index >= 15 is 0 Å². The highest BCUT2D eigenvalue weighted by Crippen LogP contribution is 2.31. The van der Waals surface area contributed by atoms with Crippen LogP contribution in [0.4, 0.5) is 5.82 Å². The largest absolute Gasteiger partial charge is 0.383 e. The van der Waals surface area contributed by atoms with Crippen molar-refractivity contribution >= 4 is 27.4 Å². The molecule has 0 aliphatic carbocycles. The summed E-state index contributed by atoms with van der Waals surface area (Å²) in [4.78, 5) is 11.1. The van der Waals surface area contributed by atoms with Crippen molar-refractivity contribution in [3.8, 4) is 0 Å². The molecule has 1 unspecified atom stereocenters. The van der Waals surface area contributed by atoms with E-state index in [-0.39, 0.29) is 6.10 Å². The Morgan fingerprint density at radius 1 is 1.32 bits per heavy atom. The van der Waals surface area contributed by atoms with Crippen molar-refractivity contribution in [2.45, 2.75) is 53.2 Å². The van der Waals surface area contributed by atoms with Gasteiger partial charge in [0.15, 0.2) is 5.82 Å². The van der Waals surface area contributed by atoms with E-state index in [9.17, 15) is 0 Å². The monoisotopic (exact) mass is 279 g/mol. The molecule has 2 N–H and O–H groups in total. The second-order valence-electron chi connectivity index (χ2n) is 4.90. The molecule has 19 heavy (non-hydrogen) atoms. The third-order valence-corrected chi connectivity index (χ3v) is 4.40. The van der Waals surface area contributed by atoms with E-state index in [1.54, 1.807) is 11.3 Å². The minimum atomic E-state index is 0.234. The molecule has 1 atom stereocenters. The minimum absolute atomic E-state index is 0.234. The maximum Gasteiger partial charge on any atom is 0.158 e. The van der Waals surface area contributed by atoms with Crippen LogP contribution in [0.5, 0.6) is 0 Å². The van der Waals surface area contributed by atoms with Crippen LogP contribution in [-0.4, -0.2) is 16.1 Å². The van der Waals surface area contributed by atoms with Crippen LogP contribution >= 0.6 is 11.3 Å². The summed E-state index contributed by atoms with van der Waals surface area (Å²) in [6.07, 6.45) is 2.40. The van der Waals surface area contributed by atoms with E-state index < -0.39 is 0 Å². The van der Waals surface area contributed by atoms with Crippen LogP contribution in [0.3, 0.4) is 0 Å². The van der Waals surface area contributed by atoms with Crippen molar-refractivity contribution in [2.24, 2.45) is 0 Å². The molecule has 0 aromatic carbocycles. The number of nitrogen functional groups attached to an aromatic ring is 1. The van der Waals surface area contributed by atoms with E-state index in [4.69, 9.17) is 10.5 Å². The van der Waals surface area contributed by atoms with Gasteiger partial charge in [0.1, 0.15) is 17.3 Å². The zero-order chi connectivity index (χ0) is 14.0. The third-order valence-electron chi connectivity index (χ3n) is 3.30. The normalized spacial score (nSPS) is 13.1. The first-order chi connectivity index (χ1) is 9.02. The number of aryl methyl sites for hydroxylation is 2. The second-order valence-corrected chi connectivity index (χ2v) is 6.10. The minimum Gasteiger partial charge on any atom is -0.383 e. The van der Waals surface area contributed by atoms with Gasteiger partial charge in [-0.15, -0.1) is 11.3 Å². The molecule has 104 valence electrons. The summed E-state index contributed by atoms with van der Waals surface area (Å²) >= 11 is 1.66. The molecule has 0 spiro atoms. The number of anilines is 1. The van der Waals surface area contributed by atoms with Gasteiger partial charge in [-0.05, 0) is 32.8 Å². The standard InChI is InChI=1S/C14H21N3OS/c1-5-6-8(2)18-7-11-16-13(15)12-9(3)10(4)19-14(12)17-11/h8H,5-7H2,1-4H3,(H2,15,16,17). The number of thiophene rings is 1. The summed E-state index contributed by atoms with van der Waals surface area (Å²) in [5, 5.41) is 0.993. The SMILES string of the molecule is CCCC(C)OCc1nc(N)c2c(C)c(C)sc2n1. The predicted octanol–water partition coefficient (Wildman–Crippen LogP) is 3.60. The van der Waals surface area contributed by atoms with Crippen LogP contribution < -0.4 is 5.73 Å². The van der Waals surface area contributed by atoms with Crippen molar-refractivity contribution < 1.29 is 4.74 Å². The average molecular weight is 279 g/mol. The summed E-state index contributed by atoms with van der Waals surface area (Å²) < 4.78 is 5.73. The second kappa shape index (κ2) is 5.84. The van der Waals surface area contributed by atoms with E-state index in [1.165, 1.54) is 10.4 Å². The molecule has 0 radical (unpaired) electrons. The van der Waals surface area contributed by atoms with Gasteiger partial charge in [0.25, 0.3) is 0 Å². The van der Waals surface area contributed by atoms with Crippen LogP contribution in [0.25, 0.3) is 10.2 Å². The topological polar surface area (TPSA) is 61.0 Å². The number of hydrogen-bond acceptors (Lipinski definition) is 5. The molecule has 0 bridgehead atoms. The zero-order valence-electron chi connectivity index (χ0n) is 12.0. The van der Waals surface area contributed by atoms with E-state index in [1.807, 2.05) is 0 Å². The molecule has 2 aromatic heterocycles. The Morgan fingerprint density at radius 3 is 2.74 bits per heavy atom. The number of aromatic nitrogens is 2. The lowest BCUT2D eigenvalue weighted by Crippen LogP contribution is -2.10. The van der Waals surface area contributed by atoms with E-state index in [0.29, 0.717) is 18.2 Å². The lowest BCUT2D eigenvalue weighted by Gasteiger charge is -2.11. The van der Waals surface area contributed by atoms with Gasteiger partial charge >= 0.3 is 0 Å². The highest BCUT2D eigenvalue weighted by atomic mass is 32.1. The van der Waals surface area contributed by atoms with Gasteiger partial charge in [-0.1, -0.05) is 13.3 Å². The number of fused-ring (bicyclic) bond motifs is 1. The molecule has 2 aromatic rings. The van der Waals surface area contributed by atoms with Crippen LogP contribution in [0, 0.1) is 13.8 Å². The maximum absolute atomic E-state index is 6.04. The quantitative estimate of drug-likeness (QED) is 0.908. The first-order valence-electron chi connectivity index (χ1n) is 6.66. The highest BCUT2D eigenvalue weighted by Gasteiger charge is 2.13. The van der Waals surface area contributed by atoms with Gasteiger partial charge < -0.3 is 10.5 Å². The van der Waals surface area contributed by atoms with E-state index in [0.717, 1.165) is 23.1 Å². The predicted molar refractivity (Wildman–Crippen MR) is 80.5 cm³/mol. The van der Waals surface area contributed by atoms with Crippen LogP contribution in [0.2, 0.25) is 0 Å². The Kier molecular flexibility index (Phi) is 4.37. The van der Waals surface area contributed by atoms with Crippen LogP contribution in [-0.2, 0) is 11.3 Å². The summed E-state index contributed by atoms with van der Waals surface area (Å²) in [5.41, 5.74) is 7.22. The fourth-order valence-electron chi connectivity index (χ4n) is 2.10. The van der Waals surface area contributed by atoms with Gasteiger partial charge in [-0.3, -0.25) is 0 Å². The Bertz CT molecular complexity index is 580. The Labute approximate surface area is 118 Å². The van der Waals surface area contributed by atoms with Crippen LogP contribution in [0.15, 0.2) is 0 Å². The summed E-state index contributed by atoms with van der Waals surface area (Å²) in [6.45, 7) is 8.80. The molecule has 0 amide bonds. The van der Waals surface area contributed by atoms with Crippen molar-refractivity contribution in [1.29, 1.82) is 0 Å². The lowest BCUT2D eigenvalue weighted by molar-refractivity contribution is 0.0434. The molecule has 0 saturated carbocycles. The molecular formula is C14H21N3OS. The number of ether oxygens (including phenoxy) is 1. The van der Waals surface area contributed by atoms with Gasteiger partial charge in [0, 0.05) is 4.88 Å². The first-order valence-corrected chi connectivity index (χ1v) is 7.48. The average Bonchev–Trinajstić information content (AvgIpc) is 2.63. The number of nitrogens with two attached hydrogens (primary N) is 1. The molecule has 2 rings (SSSR count). The number of hydrogen-bond donors (Lipinski definition) is 1. The van der Waals surface area contributed by atoms with Crippen LogP contribution in [0.1, 0.15) is 43.0 Å². The Balaban J connectivity index is 2.21. The van der Waals surface area contributed by atoms with Gasteiger partial charge in [0.2, 0.25) is 0 Å². The molecule has 5 heteroatoms. The first kappa shape index (κ1) is 14.2. The van der Waals surface area contributed by atoms with Crippen molar-refractivity contribution in [3.05, 3.63) is 16.3 Å². The van der Waals surface area contributed by atoms with E-state index in [2.05, 4.69) is 37.7 Å².